The normalized spacial score (nSPS) is 13.5. The fourth-order valence-electron chi connectivity index (χ4n) is 3.01. The van der Waals surface area contributed by atoms with Gasteiger partial charge in [0.15, 0.2) is 0 Å². The number of aliphatic carboxylic acids is 1. The van der Waals surface area contributed by atoms with Crippen molar-refractivity contribution in [2.24, 2.45) is 0 Å². The predicted octanol–water partition coefficient (Wildman–Crippen LogP) is 2.44. The highest BCUT2D eigenvalue weighted by atomic mass is 19.4. The molecule has 0 atom stereocenters. The average Bonchev–Trinajstić information content (AvgIpc) is 2.87. The summed E-state index contributed by atoms with van der Waals surface area (Å²) in [6.07, 6.45) is -3.70. The van der Waals surface area contributed by atoms with E-state index in [0.29, 0.717) is 37.3 Å². The SMILES string of the molecule is CC(C)NC(=O)c1cc2c(nc1N(C)C)CCN(C(=O)NC(C)C)CC2.O=C(O)C(F)(F)F. The minimum Gasteiger partial charge on any atom is -0.475 e. The molecule has 0 aliphatic carbocycles. The molecule has 2 heterocycles. The van der Waals surface area contributed by atoms with E-state index >= 15 is 0 Å². The lowest BCUT2D eigenvalue weighted by molar-refractivity contribution is -0.192. The number of carbonyl (C=O) groups is 3. The van der Waals surface area contributed by atoms with Gasteiger partial charge in [-0.25, -0.2) is 14.6 Å². The Labute approximate surface area is 191 Å². The van der Waals surface area contributed by atoms with Crippen LogP contribution >= 0.6 is 0 Å². The molecule has 0 saturated carbocycles. The van der Waals surface area contributed by atoms with Gasteiger partial charge in [0, 0.05) is 51.4 Å². The molecule has 1 aliphatic rings. The molecule has 33 heavy (non-hydrogen) atoms. The number of carboxylic acid groups (broad SMARTS) is 1. The number of alkyl halides is 3. The molecule has 0 radical (unpaired) electrons. The van der Waals surface area contributed by atoms with Gasteiger partial charge in [0.2, 0.25) is 0 Å². The van der Waals surface area contributed by atoms with Gasteiger partial charge in [-0.15, -0.1) is 0 Å². The van der Waals surface area contributed by atoms with E-state index in [0.717, 1.165) is 11.3 Å². The number of nitrogens with one attached hydrogen (secondary N) is 2. The third-order valence-electron chi connectivity index (χ3n) is 4.47. The van der Waals surface area contributed by atoms with E-state index in [1.807, 2.05) is 57.7 Å². The fraction of sp³-hybridized carbons (Fsp3) is 0.619. The largest absolute Gasteiger partial charge is 0.490 e. The summed E-state index contributed by atoms with van der Waals surface area (Å²) in [6, 6.07) is 2.07. The van der Waals surface area contributed by atoms with E-state index in [1.54, 1.807) is 0 Å². The number of carboxylic acids is 1. The second-order valence-electron chi connectivity index (χ2n) is 8.38. The number of halogens is 3. The number of carbonyl (C=O) groups excluding carboxylic acids is 2. The monoisotopic (exact) mass is 475 g/mol. The number of fused-ring (bicyclic) bond motifs is 1. The maximum absolute atomic E-state index is 12.6. The first-order chi connectivity index (χ1) is 15.1. The molecule has 0 aromatic carbocycles. The fourth-order valence-corrected chi connectivity index (χ4v) is 3.01. The highest BCUT2D eigenvalue weighted by Gasteiger charge is 2.38. The minimum atomic E-state index is -5.08. The van der Waals surface area contributed by atoms with Crippen molar-refractivity contribution in [1.29, 1.82) is 0 Å². The zero-order valence-electron chi connectivity index (χ0n) is 19.7. The number of anilines is 1. The average molecular weight is 476 g/mol. The highest BCUT2D eigenvalue weighted by Crippen LogP contribution is 2.23. The summed E-state index contributed by atoms with van der Waals surface area (Å²) in [4.78, 5) is 42.2. The lowest BCUT2D eigenvalue weighted by Gasteiger charge is -2.22. The van der Waals surface area contributed by atoms with Crippen LogP contribution < -0.4 is 15.5 Å². The van der Waals surface area contributed by atoms with Crippen LogP contribution in [-0.2, 0) is 17.6 Å². The second-order valence-corrected chi connectivity index (χ2v) is 8.38. The van der Waals surface area contributed by atoms with Crippen LogP contribution in [0.3, 0.4) is 0 Å². The number of amides is 3. The van der Waals surface area contributed by atoms with Crippen molar-refractivity contribution < 1.29 is 32.7 Å². The molecule has 12 heteroatoms. The highest BCUT2D eigenvalue weighted by molar-refractivity contribution is 5.99. The Morgan fingerprint density at radius 3 is 2.03 bits per heavy atom. The molecule has 3 N–H and O–H groups in total. The van der Waals surface area contributed by atoms with E-state index in [1.165, 1.54) is 0 Å². The number of hydrogen-bond acceptors (Lipinski definition) is 5. The Bertz CT molecular complexity index is 857. The molecule has 0 bridgehead atoms. The van der Waals surface area contributed by atoms with Crippen molar-refractivity contribution in [3.8, 4) is 0 Å². The zero-order valence-corrected chi connectivity index (χ0v) is 19.7. The Morgan fingerprint density at radius 1 is 1.06 bits per heavy atom. The van der Waals surface area contributed by atoms with E-state index in [-0.39, 0.29) is 24.0 Å². The maximum atomic E-state index is 12.6. The molecule has 0 saturated heterocycles. The zero-order chi connectivity index (χ0) is 25.5. The van der Waals surface area contributed by atoms with E-state index < -0.39 is 12.1 Å². The summed E-state index contributed by atoms with van der Waals surface area (Å²) in [5, 5.41) is 13.0. The summed E-state index contributed by atoms with van der Waals surface area (Å²) >= 11 is 0. The van der Waals surface area contributed by atoms with Crippen LogP contribution in [0.4, 0.5) is 23.8 Å². The molecule has 0 spiro atoms. The van der Waals surface area contributed by atoms with Gasteiger partial charge >= 0.3 is 18.2 Å². The first kappa shape index (κ1) is 28.0. The van der Waals surface area contributed by atoms with Gasteiger partial charge in [0.1, 0.15) is 5.82 Å². The Morgan fingerprint density at radius 2 is 1.58 bits per heavy atom. The van der Waals surface area contributed by atoms with Gasteiger partial charge in [-0.3, -0.25) is 4.79 Å². The number of nitrogens with zero attached hydrogens (tertiary/aromatic N) is 3. The molecule has 2 rings (SSSR count). The van der Waals surface area contributed by atoms with Crippen LogP contribution in [-0.4, -0.2) is 78.3 Å². The molecule has 0 unspecified atom stereocenters. The van der Waals surface area contributed by atoms with Gasteiger partial charge in [-0.1, -0.05) is 0 Å². The van der Waals surface area contributed by atoms with Crippen molar-refractivity contribution >= 4 is 23.7 Å². The number of pyridine rings is 1. The Balaban J connectivity index is 0.000000675. The van der Waals surface area contributed by atoms with Crippen molar-refractivity contribution in [2.75, 3.05) is 32.1 Å². The first-order valence-corrected chi connectivity index (χ1v) is 10.5. The van der Waals surface area contributed by atoms with Crippen molar-refractivity contribution in [1.82, 2.24) is 20.5 Å². The van der Waals surface area contributed by atoms with Crippen LogP contribution in [0.1, 0.15) is 49.3 Å². The maximum Gasteiger partial charge on any atom is 0.490 e. The third-order valence-corrected chi connectivity index (χ3v) is 4.47. The molecular formula is C21H32F3N5O4. The summed E-state index contributed by atoms with van der Waals surface area (Å²) in [5.74, 6) is -2.20. The van der Waals surface area contributed by atoms with Crippen LogP contribution in [0.5, 0.6) is 0 Å². The summed E-state index contributed by atoms with van der Waals surface area (Å²) in [5.41, 5.74) is 2.60. The summed E-state index contributed by atoms with van der Waals surface area (Å²) in [6.45, 7) is 9.04. The van der Waals surface area contributed by atoms with Crippen molar-refractivity contribution in [2.45, 2.75) is 58.8 Å². The summed E-state index contributed by atoms with van der Waals surface area (Å²) in [7, 11) is 3.78. The second kappa shape index (κ2) is 11.7. The smallest absolute Gasteiger partial charge is 0.475 e. The van der Waals surface area contributed by atoms with Gasteiger partial charge < -0.3 is 25.5 Å². The quantitative estimate of drug-likeness (QED) is 0.616. The van der Waals surface area contributed by atoms with Gasteiger partial charge in [0.25, 0.3) is 5.91 Å². The molecule has 1 aromatic rings. The van der Waals surface area contributed by atoms with Crippen LogP contribution in [0, 0.1) is 0 Å². The Kier molecular flexibility index (Phi) is 9.93. The minimum absolute atomic E-state index is 0.0431. The Hall–Kier alpha value is -3.05. The van der Waals surface area contributed by atoms with E-state index in [4.69, 9.17) is 14.9 Å². The first-order valence-electron chi connectivity index (χ1n) is 10.5. The predicted molar refractivity (Wildman–Crippen MR) is 118 cm³/mol. The topological polar surface area (TPSA) is 115 Å². The molecular weight excluding hydrogens is 443 g/mol. The number of urea groups is 1. The molecule has 3 amide bonds. The lowest BCUT2D eigenvalue weighted by Crippen LogP contribution is -2.44. The molecule has 0 fully saturated rings. The molecule has 1 aliphatic heterocycles. The third kappa shape index (κ3) is 8.78. The van der Waals surface area contributed by atoms with E-state index in [9.17, 15) is 22.8 Å². The van der Waals surface area contributed by atoms with Crippen LogP contribution in [0.2, 0.25) is 0 Å². The lowest BCUT2D eigenvalue weighted by atomic mass is 10.0. The number of rotatable bonds is 4. The molecule has 1 aromatic heterocycles. The molecule has 9 nitrogen and oxygen atoms in total. The van der Waals surface area contributed by atoms with Gasteiger partial charge in [-0.05, 0) is 45.7 Å². The summed E-state index contributed by atoms with van der Waals surface area (Å²) < 4.78 is 31.7. The number of aromatic nitrogens is 1. The van der Waals surface area contributed by atoms with Crippen molar-refractivity contribution in [3.05, 3.63) is 22.9 Å². The van der Waals surface area contributed by atoms with Gasteiger partial charge in [0.05, 0.1) is 5.56 Å². The van der Waals surface area contributed by atoms with E-state index in [2.05, 4.69) is 10.6 Å². The van der Waals surface area contributed by atoms with Crippen LogP contribution in [0.25, 0.3) is 0 Å². The number of hydrogen-bond donors (Lipinski definition) is 3. The molecule has 186 valence electrons. The van der Waals surface area contributed by atoms with Crippen LogP contribution in [0.15, 0.2) is 6.07 Å². The van der Waals surface area contributed by atoms with Crippen molar-refractivity contribution in [3.63, 3.8) is 0 Å². The standard InChI is InChI=1S/C19H31N5O2.C2HF3O2/c1-12(2)20-18(25)15-11-14-7-9-24(19(26)21-13(3)4)10-8-16(14)22-17(15)23(5)6;3-2(4,5)1(6)7/h11-13H,7-10H2,1-6H3,(H,20,25)(H,21,26);(H,6,7). The van der Waals surface area contributed by atoms with Gasteiger partial charge in [-0.2, -0.15) is 13.2 Å².